The lowest BCUT2D eigenvalue weighted by molar-refractivity contribution is 0.480. The van der Waals surface area contributed by atoms with E-state index < -0.39 is 21.1 Å². The van der Waals surface area contributed by atoms with Gasteiger partial charge in [0.25, 0.3) is 10.1 Å². The van der Waals surface area contributed by atoms with Crippen molar-refractivity contribution in [1.29, 1.82) is 0 Å². The monoisotopic (exact) mass is 511 g/mol. The summed E-state index contributed by atoms with van der Waals surface area (Å²) in [4.78, 5) is 0.514. The molecule has 1 N–H and O–H groups in total. The molecule has 0 heterocycles. The van der Waals surface area contributed by atoms with Crippen LogP contribution in [-0.2, 0) is 21.1 Å². The van der Waals surface area contributed by atoms with E-state index in [1.807, 2.05) is 13.8 Å². The zero-order valence-corrected chi connectivity index (χ0v) is 20.5. The molecule has 0 saturated heterocycles. The predicted molar refractivity (Wildman–Crippen MR) is 129 cm³/mol. The first-order valence-corrected chi connectivity index (χ1v) is 12.7. The number of nitrogens with zero attached hydrogens (tertiary/aromatic N) is 1. The van der Waals surface area contributed by atoms with Gasteiger partial charge in [0.05, 0.1) is 21.4 Å². The number of rotatable bonds is 8. The third-order valence-corrected chi connectivity index (χ3v) is 6.47. The van der Waals surface area contributed by atoms with Crippen molar-refractivity contribution in [2.24, 2.45) is 0 Å². The van der Waals surface area contributed by atoms with Gasteiger partial charge in [0.15, 0.2) is 11.0 Å². The van der Waals surface area contributed by atoms with Crippen LogP contribution < -0.4 is 4.31 Å². The Morgan fingerprint density at radius 1 is 0.967 bits per heavy atom. The SMILES string of the molecule is C#C.CC.O=S(c1ccc(Cl)cc1)N(CCCCS(=O)(=O)O)c1cc(Cl)ccc1Cl. The van der Waals surface area contributed by atoms with Crippen molar-refractivity contribution in [3.8, 4) is 12.8 Å². The van der Waals surface area contributed by atoms with Crippen LogP contribution >= 0.6 is 34.8 Å². The van der Waals surface area contributed by atoms with Gasteiger partial charge in [-0.25, -0.2) is 4.21 Å². The topological polar surface area (TPSA) is 74.7 Å². The summed E-state index contributed by atoms with van der Waals surface area (Å²) in [7, 11) is -5.64. The van der Waals surface area contributed by atoms with Crippen molar-refractivity contribution >= 4 is 61.6 Å². The predicted octanol–water partition coefficient (Wildman–Crippen LogP) is 6.12. The average Bonchev–Trinajstić information content (AvgIpc) is 2.72. The molecule has 1 atom stereocenters. The molecule has 0 aromatic heterocycles. The molecular formula is C20H24Cl3NO4S2. The fourth-order valence-corrected chi connectivity index (χ4v) is 4.57. The fraction of sp³-hybridized carbons (Fsp3) is 0.300. The summed E-state index contributed by atoms with van der Waals surface area (Å²) in [5.41, 5.74) is 0.472. The van der Waals surface area contributed by atoms with E-state index in [1.54, 1.807) is 46.8 Å². The summed E-state index contributed by atoms with van der Waals surface area (Å²) < 4.78 is 45.1. The highest BCUT2D eigenvalue weighted by atomic mass is 35.5. The second-order valence-electron chi connectivity index (χ2n) is 5.39. The van der Waals surface area contributed by atoms with Crippen LogP contribution in [0.4, 0.5) is 5.69 Å². The van der Waals surface area contributed by atoms with Gasteiger partial charge < -0.3 is 0 Å². The molecule has 10 heteroatoms. The lowest BCUT2D eigenvalue weighted by Crippen LogP contribution is -2.27. The number of halogens is 3. The van der Waals surface area contributed by atoms with E-state index in [4.69, 9.17) is 39.4 Å². The van der Waals surface area contributed by atoms with Crippen molar-refractivity contribution < 1.29 is 17.2 Å². The first kappa shape index (κ1) is 28.7. The van der Waals surface area contributed by atoms with Crippen LogP contribution in [0.3, 0.4) is 0 Å². The largest absolute Gasteiger partial charge is 0.286 e. The molecule has 0 fully saturated rings. The Balaban J connectivity index is 0.00000198. The Labute approximate surface area is 196 Å². The van der Waals surface area contributed by atoms with Crippen LogP contribution in [0.2, 0.25) is 15.1 Å². The normalized spacial score (nSPS) is 11.3. The van der Waals surface area contributed by atoms with E-state index >= 15 is 0 Å². The van der Waals surface area contributed by atoms with E-state index in [0.29, 0.717) is 32.1 Å². The molecule has 0 radical (unpaired) electrons. The molecule has 1 unspecified atom stereocenters. The summed E-state index contributed by atoms with van der Waals surface area (Å²) >= 11 is 18.2. The van der Waals surface area contributed by atoms with Crippen molar-refractivity contribution in [2.45, 2.75) is 31.6 Å². The number of anilines is 1. The number of hydrogen-bond donors (Lipinski definition) is 1. The number of hydrogen-bond acceptors (Lipinski definition) is 3. The molecule has 2 aromatic carbocycles. The zero-order valence-electron chi connectivity index (χ0n) is 16.6. The smallest absolute Gasteiger partial charge is 0.264 e. The van der Waals surface area contributed by atoms with Gasteiger partial charge in [0, 0.05) is 16.6 Å². The average molecular weight is 513 g/mol. The molecule has 0 aliphatic rings. The third-order valence-electron chi connectivity index (χ3n) is 3.41. The van der Waals surface area contributed by atoms with Gasteiger partial charge in [-0.05, 0) is 55.3 Å². The number of terminal acetylenes is 1. The van der Waals surface area contributed by atoms with Gasteiger partial charge in [-0.15, -0.1) is 12.8 Å². The van der Waals surface area contributed by atoms with Gasteiger partial charge in [-0.3, -0.25) is 8.86 Å². The van der Waals surface area contributed by atoms with Gasteiger partial charge >= 0.3 is 0 Å². The van der Waals surface area contributed by atoms with Gasteiger partial charge in [0.1, 0.15) is 0 Å². The van der Waals surface area contributed by atoms with Crippen LogP contribution in [0.15, 0.2) is 47.4 Å². The first-order valence-electron chi connectivity index (χ1n) is 8.86. The Kier molecular flexibility index (Phi) is 14.1. The first-order chi connectivity index (χ1) is 14.2. The van der Waals surface area contributed by atoms with E-state index in [2.05, 4.69) is 12.8 Å². The molecule has 0 bridgehead atoms. The molecule has 0 aliphatic carbocycles. The minimum absolute atomic E-state index is 0.214. The Bertz CT molecular complexity index is 933. The molecular weight excluding hydrogens is 489 g/mol. The minimum Gasteiger partial charge on any atom is -0.286 e. The second kappa shape index (κ2) is 14.7. The molecule has 2 rings (SSSR count). The molecule has 30 heavy (non-hydrogen) atoms. The number of benzene rings is 2. The Hall–Kier alpha value is -1.27. The maximum atomic E-state index is 13.0. The molecule has 5 nitrogen and oxygen atoms in total. The van der Waals surface area contributed by atoms with Gasteiger partial charge in [-0.1, -0.05) is 48.7 Å². The van der Waals surface area contributed by atoms with E-state index in [-0.39, 0.29) is 18.7 Å². The highest BCUT2D eigenvalue weighted by Crippen LogP contribution is 2.32. The van der Waals surface area contributed by atoms with Crippen LogP contribution in [0.25, 0.3) is 0 Å². The second-order valence-corrected chi connectivity index (χ2v) is 9.66. The highest BCUT2D eigenvalue weighted by Gasteiger charge is 2.19. The summed E-state index contributed by atoms with van der Waals surface area (Å²) in [6, 6.07) is 11.4. The van der Waals surface area contributed by atoms with E-state index in [1.165, 1.54) is 0 Å². The maximum absolute atomic E-state index is 13.0. The summed E-state index contributed by atoms with van der Waals surface area (Å²) in [6.07, 6.45) is 8.59. The maximum Gasteiger partial charge on any atom is 0.264 e. The van der Waals surface area contributed by atoms with Crippen molar-refractivity contribution in [3.05, 3.63) is 57.5 Å². The number of unbranched alkanes of at least 4 members (excludes halogenated alkanes) is 1. The molecule has 0 aliphatic heterocycles. The lowest BCUT2D eigenvalue weighted by atomic mass is 10.3. The molecule has 2 aromatic rings. The van der Waals surface area contributed by atoms with Crippen LogP contribution in [0.1, 0.15) is 26.7 Å². The summed E-state index contributed by atoms with van der Waals surface area (Å²) in [6.45, 7) is 4.25. The van der Waals surface area contributed by atoms with Crippen molar-refractivity contribution in [3.63, 3.8) is 0 Å². The summed E-state index contributed by atoms with van der Waals surface area (Å²) in [5, 5.41) is 1.32. The quantitative estimate of drug-likeness (QED) is 0.263. The lowest BCUT2D eigenvalue weighted by Gasteiger charge is -2.24. The van der Waals surface area contributed by atoms with Crippen LogP contribution in [0.5, 0.6) is 0 Å². The standard InChI is InChI=1S/C16H16Cl3NO4S2.C2H6.C2H2/c17-12-3-6-14(7-4-12)25(21)20(9-1-2-10-26(22,23)24)16-11-13(18)5-8-15(16)19;2*1-2/h3-8,11H,1-2,9-10H2,(H,22,23,24);1-2H3;1-2H. The summed E-state index contributed by atoms with van der Waals surface area (Å²) in [5.74, 6) is -0.363. The molecule has 0 saturated carbocycles. The zero-order chi connectivity index (χ0) is 23.3. The van der Waals surface area contributed by atoms with Crippen molar-refractivity contribution in [2.75, 3.05) is 16.6 Å². The fourth-order valence-electron chi connectivity index (χ4n) is 2.19. The molecule has 0 spiro atoms. The van der Waals surface area contributed by atoms with E-state index in [9.17, 15) is 12.6 Å². The molecule has 0 amide bonds. The highest BCUT2D eigenvalue weighted by molar-refractivity contribution is 7.86. The Morgan fingerprint density at radius 3 is 2.03 bits per heavy atom. The van der Waals surface area contributed by atoms with Crippen molar-refractivity contribution in [1.82, 2.24) is 0 Å². The third kappa shape index (κ3) is 10.2. The van der Waals surface area contributed by atoms with E-state index in [0.717, 1.165) is 0 Å². The van der Waals surface area contributed by atoms with Gasteiger partial charge in [0.2, 0.25) is 0 Å². The minimum atomic E-state index is -4.03. The molecule has 166 valence electrons. The van der Waals surface area contributed by atoms with Gasteiger partial charge in [-0.2, -0.15) is 8.42 Å². The van der Waals surface area contributed by atoms with Crippen LogP contribution in [0, 0.1) is 12.8 Å². The van der Waals surface area contributed by atoms with Crippen LogP contribution in [-0.4, -0.2) is 29.5 Å². The Morgan fingerprint density at radius 2 is 1.50 bits per heavy atom.